The van der Waals surface area contributed by atoms with Crippen molar-refractivity contribution in [2.45, 2.75) is 0 Å². The fourth-order valence-corrected chi connectivity index (χ4v) is 6.96. The monoisotopic (exact) mass is 674 g/mol. The summed E-state index contributed by atoms with van der Waals surface area (Å²) in [6, 6.07) is 31.9. The van der Waals surface area contributed by atoms with Gasteiger partial charge in [-0.05, 0) is 82.9 Å². The Hall–Kier alpha value is -7.32. The number of rotatable bonds is 4. The molecule has 0 amide bonds. The highest BCUT2D eigenvalue weighted by Gasteiger charge is 2.21. The van der Waals surface area contributed by atoms with Crippen LogP contribution in [-0.2, 0) is 9.59 Å². The number of aromatic nitrogens is 4. The first kappa shape index (κ1) is 30.7. The lowest BCUT2D eigenvalue weighted by molar-refractivity contribution is -0.131. The van der Waals surface area contributed by atoms with Gasteiger partial charge in [0.25, 0.3) is 0 Å². The Morgan fingerprint density at radius 2 is 0.942 bits per heavy atom. The first-order valence-electron chi connectivity index (χ1n) is 16.7. The van der Waals surface area contributed by atoms with E-state index < -0.39 is 22.4 Å². The summed E-state index contributed by atoms with van der Waals surface area (Å²) in [5.74, 6) is -1.18. The van der Waals surface area contributed by atoms with Crippen LogP contribution in [0.15, 0.2) is 131 Å². The van der Waals surface area contributed by atoms with Crippen molar-refractivity contribution < 1.29 is 9.59 Å². The fourth-order valence-electron chi connectivity index (χ4n) is 6.96. The van der Waals surface area contributed by atoms with Crippen molar-refractivity contribution >= 4 is 63.5 Å². The van der Waals surface area contributed by atoms with E-state index in [0.717, 1.165) is 33.3 Å². The molecule has 8 heteroatoms. The molecular formula is C44H26N4O4-2. The molecule has 6 aromatic rings. The van der Waals surface area contributed by atoms with E-state index in [2.05, 4.69) is 9.97 Å². The number of nitrogens with zero attached hydrogens (tertiary/aromatic N) is 2. The van der Waals surface area contributed by atoms with Crippen molar-refractivity contribution in [1.29, 1.82) is 0 Å². The minimum atomic E-state index is -0.600. The van der Waals surface area contributed by atoms with Gasteiger partial charge in [0, 0.05) is 49.8 Å². The van der Waals surface area contributed by atoms with E-state index in [4.69, 9.17) is 9.97 Å². The molecule has 0 radical (unpaired) electrons. The second-order valence-electron chi connectivity index (χ2n) is 12.6. The summed E-state index contributed by atoms with van der Waals surface area (Å²) < 4.78 is 0. The molecular weight excluding hydrogens is 649 g/mol. The number of carbonyl (C=O) groups excluding carboxylic acids is 2. The van der Waals surface area contributed by atoms with Gasteiger partial charge in [0.15, 0.2) is 0 Å². The third-order valence-electron chi connectivity index (χ3n) is 9.34. The van der Waals surface area contributed by atoms with Gasteiger partial charge in [-0.2, -0.15) is 0 Å². The Balaban J connectivity index is 1.48. The summed E-state index contributed by atoms with van der Waals surface area (Å²) in [7, 11) is 0. The number of fused-ring (bicyclic) bond motifs is 8. The molecule has 52 heavy (non-hydrogen) atoms. The van der Waals surface area contributed by atoms with Crippen LogP contribution >= 0.6 is 0 Å². The summed E-state index contributed by atoms with van der Waals surface area (Å²) in [6.07, 6.45) is 12.0. The first-order valence-corrected chi connectivity index (χ1v) is 16.7. The number of hydrogen-bond donors (Lipinski definition) is 2. The van der Waals surface area contributed by atoms with E-state index >= 15 is 0 Å². The Kier molecular flexibility index (Phi) is 7.22. The maximum absolute atomic E-state index is 12.7. The zero-order valence-corrected chi connectivity index (χ0v) is 27.4. The van der Waals surface area contributed by atoms with Gasteiger partial charge in [0.2, 0.25) is 11.6 Å². The minimum Gasteiger partial charge on any atom is -0.384 e. The molecule has 2 aliphatic heterocycles. The van der Waals surface area contributed by atoms with Crippen molar-refractivity contribution in [1.82, 2.24) is 19.9 Å². The second-order valence-corrected chi connectivity index (χ2v) is 12.6. The van der Waals surface area contributed by atoms with Gasteiger partial charge in [0.05, 0.1) is 17.1 Å². The van der Waals surface area contributed by atoms with Crippen LogP contribution in [0.2, 0.25) is 0 Å². The molecule has 0 spiro atoms. The second kappa shape index (κ2) is 12.2. The van der Waals surface area contributed by atoms with Crippen LogP contribution in [0.4, 0.5) is 0 Å². The molecule has 0 unspecified atom stereocenters. The highest BCUT2D eigenvalue weighted by atomic mass is 16.2. The molecule has 3 aliphatic rings. The Bertz CT molecular complexity index is 2880. The smallest absolute Gasteiger partial charge is 0.226 e. The van der Waals surface area contributed by atoms with Crippen LogP contribution in [0.5, 0.6) is 0 Å². The Morgan fingerprint density at radius 3 is 1.46 bits per heavy atom. The minimum absolute atomic E-state index is 0.559. The molecule has 3 aromatic heterocycles. The average molecular weight is 675 g/mol. The molecule has 9 rings (SSSR count). The van der Waals surface area contributed by atoms with Crippen molar-refractivity contribution in [3.63, 3.8) is 0 Å². The lowest BCUT2D eigenvalue weighted by atomic mass is 9.97. The molecule has 0 saturated carbocycles. The largest absolute Gasteiger partial charge is 0.384 e. The molecule has 0 saturated heterocycles. The maximum Gasteiger partial charge on any atom is 0.226 e. The highest BCUT2D eigenvalue weighted by Crippen LogP contribution is 2.37. The van der Waals surface area contributed by atoms with Crippen LogP contribution in [0.3, 0.4) is 0 Å². The van der Waals surface area contributed by atoms with Gasteiger partial charge in [-0.3, -0.25) is 20.6 Å². The van der Waals surface area contributed by atoms with E-state index in [1.54, 1.807) is 12.1 Å². The summed E-state index contributed by atoms with van der Waals surface area (Å²) >= 11 is 0. The van der Waals surface area contributed by atoms with Gasteiger partial charge in [-0.15, -0.1) is 5.56 Å². The predicted octanol–water partition coefficient (Wildman–Crippen LogP) is 7.91. The number of carbonyl (C=O) groups is 2. The molecule has 0 atom stereocenters. The van der Waals surface area contributed by atoms with Crippen molar-refractivity contribution in [2.24, 2.45) is 0 Å². The third-order valence-corrected chi connectivity index (χ3v) is 9.34. The molecule has 8 nitrogen and oxygen atoms in total. The van der Waals surface area contributed by atoms with Crippen molar-refractivity contribution in [3.05, 3.63) is 170 Å². The molecule has 0 fully saturated rings. The van der Waals surface area contributed by atoms with Gasteiger partial charge < -0.3 is 19.6 Å². The van der Waals surface area contributed by atoms with E-state index in [1.165, 1.54) is 24.3 Å². The lowest BCUT2D eigenvalue weighted by Crippen LogP contribution is -2.21. The van der Waals surface area contributed by atoms with Gasteiger partial charge in [-0.1, -0.05) is 66.7 Å². The van der Waals surface area contributed by atoms with Crippen molar-refractivity contribution in [3.8, 4) is 33.4 Å². The zero-order chi connectivity index (χ0) is 35.3. The topological polar surface area (TPSA) is 126 Å². The van der Waals surface area contributed by atoms with Crippen LogP contribution in [0.25, 0.3) is 85.3 Å². The number of allylic oxidation sites excluding steroid dienone is 4. The number of hydrogen-bond acceptors (Lipinski definition) is 6. The SMILES string of the molecule is O=C1C=CC(c2c3nc(c(-c4ccccc4)c4ccc([nH]4)c(-c4c[cH-]c(=O)c(=O)[cH-]4)c4nc(c(-c5ccccc5)c5ccc2[nH]5)C=C4)C=C3)=CC1=O. The summed E-state index contributed by atoms with van der Waals surface area (Å²) in [5.41, 5.74) is 10.2. The number of nitrogens with one attached hydrogen (secondary N) is 2. The molecule has 5 heterocycles. The third kappa shape index (κ3) is 5.26. The standard InChI is InChI=1S/C44H26N4O4/c49-37-21-11-27(23-39(37)51)43-33-17-13-29(45-33)41(25-7-3-1-4-8-25)30-14-18-34(46-30)44(28-12-22-38(50)40(52)24-28)36-20-16-32(48-36)42(26-9-5-2-6-10-26)31-15-19-35(43)47-31/h1-24,45,48H/q-2. The molecule has 2 N–H and O–H groups in total. The van der Waals surface area contributed by atoms with E-state index in [-0.39, 0.29) is 0 Å². The van der Waals surface area contributed by atoms with Crippen LogP contribution < -0.4 is 10.9 Å². The summed E-state index contributed by atoms with van der Waals surface area (Å²) in [5, 5.41) is 0. The van der Waals surface area contributed by atoms with Gasteiger partial charge in [-0.25, -0.2) is 22.7 Å². The molecule has 3 aromatic carbocycles. The average Bonchev–Trinajstić information content (AvgIpc) is 4.00. The fraction of sp³-hybridized carbons (Fsp3) is 0. The van der Waals surface area contributed by atoms with Crippen LogP contribution in [0.1, 0.15) is 28.3 Å². The van der Waals surface area contributed by atoms with E-state index in [9.17, 15) is 19.2 Å². The maximum atomic E-state index is 12.7. The highest BCUT2D eigenvalue weighted by molar-refractivity contribution is 6.48. The van der Waals surface area contributed by atoms with Crippen LogP contribution in [0, 0.1) is 0 Å². The summed E-state index contributed by atoms with van der Waals surface area (Å²) in [6.45, 7) is 0. The molecule has 248 valence electrons. The van der Waals surface area contributed by atoms with Gasteiger partial charge in [0.1, 0.15) is 0 Å². The number of H-pyrrole nitrogens is 2. The Labute approximate surface area is 295 Å². The Morgan fingerprint density at radius 1 is 0.462 bits per heavy atom. The number of aromatic amines is 2. The van der Waals surface area contributed by atoms with Gasteiger partial charge >= 0.3 is 0 Å². The van der Waals surface area contributed by atoms with Crippen LogP contribution in [-0.4, -0.2) is 31.5 Å². The molecule has 1 aliphatic carbocycles. The predicted molar refractivity (Wildman–Crippen MR) is 206 cm³/mol. The zero-order valence-electron chi connectivity index (χ0n) is 27.4. The van der Waals surface area contributed by atoms with E-state index in [0.29, 0.717) is 56.1 Å². The lowest BCUT2D eigenvalue weighted by Gasteiger charge is -2.16. The quantitative estimate of drug-likeness (QED) is 0.111. The molecule has 8 bridgehead atoms. The number of benzene rings is 3. The van der Waals surface area contributed by atoms with Crippen molar-refractivity contribution in [2.75, 3.05) is 0 Å². The summed E-state index contributed by atoms with van der Waals surface area (Å²) in [4.78, 5) is 67.4. The normalized spacial score (nSPS) is 13.5. The first-order chi connectivity index (χ1) is 25.4. The van der Waals surface area contributed by atoms with E-state index in [1.807, 2.05) is 109 Å². The number of ketones is 2.